The Balaban J connectivity index is 2.08. The number of amides is 1. The van der Waals surface area contributed by atoms with Crippen LogP contribution in [0.4, 0.5) is 5.69 Å². The molecule has 1 amide bonds. The first-order valence-electron chi connectivity index (χ1n) is 6.77. The fourth-order valence-electron chi connectivity index (χ4n) is 1.93. The van der Waals surface area contributed by atoms with Gasteiger partial charge in [0, 0.05) is 5.56 Å². The highest BCUT2D eigenvalue weighted by atomic mass is 35.5. The summed E-state index contributed by atoms with van der Waals surface area (Å²) in [5.41, 5.74) is 0.957. The van der Waals surface area contributed by atoms with Crippen molar-refractivity contribution >= 4 is 34.9 Å². The number of carbonyl (C=O) groups is 3. The minimum absolute atomic E-state index is 0.250. The van der Waals surface area contributed by atoms with Crippen molar-refractivity contribution in [1.29, 1.82) is 0 Å². The summed E-state index contributed by atoms with van der Waals surface area (Å²) < 4.78 is 4.61. The van der Waals surface area contributed by atoms with E-state index in [2.05, 4.69) is 10.1 Å². The Morgan fingerprint density at radius 3 is 2.39 bits per heavy atom. The lowest BCUT2D eigenvalue weighted by Crippen LogP contribution is -2.17. The fraction of sp³-hybridized carbons (Fsp3) is 0.118. The zero-order valence-electron chi connectivity index (χ0n) is 12.3. The van der Waals surface area contributed by atoms with Crippen LogP contribution in [0.3, 0.4) is 0 Å². The first-order chi connectivity index (χ1) is 11.0. The van der Waals surface area contributed by atoms with Gasteiger partial charge in [0.2, 0.25) is 5.91 Å². The van der Waals surface area contributed by atoms with Gasteiger partial charge in [-0.15, -0.1) is 0 Å². The maximum Gasteiger partial charge on any atom is 0.337 e. The Bertz CT molecular complexity index is 744. The lowest BCUT2D eigenvalue weighted by molar-refractivity contribution is -0.115. The van der Waals surface area contributed by atoms with Gasteiger partial charge in [0.05, 0.1) is 29.8 Å². The van der Waals surface area contributed by atoms with Crippen LogP contribution in [0.15, 0.2) is 48.5 Å². The minimum Gasteiger partial charge on any atom is -0.465 e. The van der Waals surface area contributed by atoms with Gasteiger partial charge in [-0.25, -0.2) is 4.79 Å². The predicted molar refractivity (Wildman–Crippen MR) is 86.8 cm³/mol. The van der Waals surface area contributed by atoms with E-state index in [1.54, 1.807) is 30.3 Å². The Morgan fingerprint density at radius 1 is 1.04 bits per heavy atom. The molecule has 0 saturated heterocycles. The van der Waals surface area contributed by atoms with Gasteiger partial charge in [0.15, 0.2) is 5.78 Å². The molecule has 5 nitrogen and oxygen atoms in total. The molecule has 1 N–H and O–H groups in total. The van der Waals surface area contributed by atoms with E-state index in [4.69, 9.17) is 11.6 Å². The summed E-state index contributed by atoms with van der Waals surface area (Å²) in [6.45, 7) is 0. The van der Waals surface area contributed by atoms with Crippen LogP contribution in [-0.4, -0.2) is 24.8 Å². The zero-order chi connectivity index (χ0) is 16.8. The Hall–Kier alpha value is -2.66. The fourth-order valence-corrected chi connectivity index (χ4v) is 2.10. The summed E-state index contributed by atoms with van der Waals surface area (Å²) in [5.74, 6) is -1.36. The van der Waals surface area contributed by atoms with Crippen LogP contribution in [0.1, 0.15) is 27.1 Å². The molecule has 0 atom stereocenters. The Labute approximate surface area is 138 Å². The van der Waals surface area contributed by atoms with E-state index in [1.165, 1.54) is 25.3 Å². The molecular weight excluding hydrogens is 318 g/mol. The number of benzene rings is 2. The molecule has 23 heavy (non-hydrogen) atoms. The monoisotopic (exact) mass is 331 g/mol. The van der Waals surface area contributed by atoms with Crippen LogP contribution >= 0.6 is 11.6 Å². The highest BCUT2D eigenvalue weighted by Gasteiger charge is 2.14. The first kappa shape index (κ1) is 16.7. The first-order valence-corrected chi connectivity index (χ1v) is 7.15. The quantitative estimate of drug-likeness (QED) is 0.518. The molecule has 2 rings (SSSR count). The summed E-state index contributed by atoms with van der Waals surface area (Å²) in [7, 11) is 1.26. The molecule has 0 fully saturated rings. The van der Waals surface area contributed by atoms with E-state index in [1.807, 2.05) is 0 Å². The molecule has 0 aliphatic heterocycles. The average Bonchev–Trinajstić information content (AvgIpc) is 2.56. The summed E-state index contributed by atoms with van der Waals surface area (Å²) in [6.07, 6.45) is -0.317. The number of ketones is 1. The topological polar surface area (TPSA) is 72.5 Å². The lowest BCUT2D eigenvalue weighted by atomic mass is 10.1. The normalized spacial score (nSPS) is 10.0. The molecule has 2 aromatic carbocycles. The van der Waals surface area contributed by atoms with Gasteiger partial charge in [-0.1, -0.05) is 41.9 Å². The van der Waals surface area contributed by atoms with E-state index < -0.39 is 11.9 Å². The van der Waals surface area contributed by atoms with Crippen molar-refractivity contribution in [1.82, 2.24) is 0 Å². The van der Waals surface area contributed by atoms with Crippen molar-refractivity contribution in [3.05, 3.63) is 64.7 Å². The molecule has 0 aromatic heterocycles. The largest absolute Gasteiger partial charge is 0.465 e. The molecule has 0 unspecified atom stereocenters. The number of Topliss-reactive ketones (excluding diaryl/α,β-unsaturated/α-hetero) is 1. The van der Waals surface area contributed by atoms with Gasteiger partial charge in [-0.3, -0.25) is 9.59 Å². The van der Waals surface area contributed by atoms with Gasteiger partial charge >= 0.3 is 5.97 Å². The van der Waals surface area contributed by atoms with Crippen molar-refractivity contribution in [2.24, 2.45) is 0 Å². The third kappa shape index (κ3) is 4.40. The molecule has 0 aliphatic rings. The SMILES string of the molecule is COC(=O)c1ccc(Cl)c(NC(=O)CC(=O)c2ccccc2)c1. The molecule has 0 radical (unpaired) electrons. The summed E-state index contributed by atoms with van der Waals surface area (Å²) in [5, 5.41) is 2.79. The van der Waals surface area contributed by atoms with Crippen LogP contribution in [-0.2, 0) is 9.53 Å². The van der Waals surface area contributed by atoms with E-state index in [0.29, 0.717) is 5.56 Å². The van der Waals surface area contributed by atoms with Gasteiger partial charge in [0.1, 0.15) is 0 Å². The van der Waals surface area contributed by atoms with Crippen molar-refractivity contribution in [2.45, 2.75) is 6.42 Å². The molecule has 118 valence electrons. The third-order valence-corrected chi connectivity index (χ3v) is 3.41. The number of rotatable bonds is 5. The van der Waals surface area contributed by atoms with Crippen LogP contribution < -0.4 is 5.32 Å². The molecule has 0 heterocycles. The second-order valence-electron chi connectivity index (χ2n) is 4.70. The van der Waals surface area contributed by atoms with Gasteiger partial charge in [0.25, 0.3) is 0 Å². The van der Waals surface area contributed by atoms with Gasteiger partial charge in [-0.05, 0) is 18.2 Å². The van der Waals surface area contributed by atoms with E-state index in [9.17, 15) is 14.4 Å². The van der Waals surface area contributed by atoms with E-state index in [-0.39, 0.29) is 28.5 Å². The highest BCUT2D eigenvalue weighted by Crippen LogP contribution is 2.23. The maximum atomic E-state index is 12.0. The maximum absolute atomic E-state index is 12.0. The van der Waals surface area contributed by atoms with Crippen LogP contribution in [0.2, 0.25) is 5.02 Å². The smallest absolute Gasteiger partial charge is 0.337 e. The summed E-state index contributed by atoms with van der Waals surface area (Å²) in [6, 6.07) is 12.9. The molecule has 0 bridgehead atoms. The number of carbonyl (C=O) groups excluding carboxylic acids is 3. The van der Waals surface area contributed by atoms with Crippen molar-refractivity contribution in [3.8, 4) is 0 Å². The number of hydrogen-bond donors (Lipinski definition) is 1. The molecular formula is C17H14ClNO4. The van der Waals surface area contributed by atoms with E-state index >= 15 is 0 Å². The average molecular weight is 332 g/mol. The lowest BCUT2D eigenvalue weighted by Gasteiger charge is -2.08. The van der Waals surface area contributed by atoms with Gasteiger partial charge < -0.3 is 10.1 Å². The second-order valence-corrected chi connectivity index (χ2v) is 5.11. The number of nitrogens with one attached hydrogen (secondary N) is 1. The number of anilines is 1. The van der Waals surface area contributed by atoms with Crippen molar-refractivity contribution in [2.75, 3.05) is 12.4 Å². The molecule has 6 heteroatoms. The zero-order valence-corrected chi connectivity index (χ0v) is 13.1. The number of methoxy groups -OCH3 is 1. The summed E-state index contributed by atoms with van der Waals surface area (Å²) >= 11 is 5.99. The standard InChI is InChI=1S/C17H14ClNO4/c1-23-17(22)12-7-8-13(18)14(9-12)19-16(21)10-15(20)11-5-3-2-4-6-11/h2-9H,10H2,1H3,(H,19,21). The summed E-state index contributed by atoms with van der Waals surface area (Å²) in [4.78, 5) is 35.5. The molecule has 0 aliphatic carbocycles. The molecule has 0 saturated carbocycles. The predicted octanol–water partition coefficient (Wildman–Crippen LogP) is 3.34. The third-order valence-electron chi connectivity index (χ3n) is 3.08. The highest BCUT2D eigenvalue weighted by molar-refractivity contribution is 6.34. The number of hydrogen-bond acceptors (Lipinski definition) is 4. The van der Waals surface area contributed by atoms with Crippen LogP contribution in [0.25, 0.3) is 0 Å². The Morgan fingerprint density at radius 2 is 1.74 bits per heavy atom. The Kier molecular flexibility index (Phi) is 5.49. The number of halogens is 1. The van der Waals surface area contributed by atoms with E-state index in [0.717, 1.165) is 0 Å². The molecule has 0 spiro atoms. The number of esters is 1. The second kappa shape index (κ2) is 7.56. The number of ether oxygens (including phenoxy) is 1. The van der Waals surface area contributed by atoms with Crippen molar-refractivity contribution in [3.63, 3.8) is 0 Å². The molecule has 2 aromatic rings. The minimum atomic E-state index is -0.544. The van der Waals surface area contributed by atoms with Crippen LogP contribution in [0, 0.1) is 0 Å². The van der Waals surface area contributed by atoms with Gasteiger partial charge in [-0.2, -0.15) is 0 Å². The van der Waals surface area contributed by atoms with Crippen LogP contribution in [0.5, 0.6) is 0 Å². The van der Waals surface area contributed by atoms with Crippen molar-refractivity contribution < 1.29 is 19.1 Å².